The molecule has 2 aromatic carbocycles. The number of aryl methyl sites for hydroxylation is 2. The number of aromatic hydroxyl groups is 1. The Labute approximate surface area is 128 Å². The van der Waals surface area contributed by atoms with E-state index in [0.717, 1.165) is 39.4 Å². The Bertz CT molecular complexity index is 638. The summed E-state index contributed by atoms with van der Waals surface area (Å²) in [5, 5.41) is 12.2. The summed E-state index contributed by atoms with van der Waals surface area (Å²) in [7, 11) is 2.09. The summed E-state index contributed by atoms with van der Waals surface area (Å²) < 4.78 is 11.3. The van der Waals surface area contributed by atoms with Crippen molar-refractivity contribution in [2.75, 3.05) is 7.11 Å². The highest BCUT2D eigenvalue weighted by molar-refractivity contribution is 6.28. The van der Waals surface area contributed by atoms with Gasteiger partial charge in [-0.1, -0.05) is 19.8 Å². The minimum absolute atomic E-state index is 0.342. The van der Waals surface area contributed by atoms with Gasteiger partial charge in [-0.2, -0.15) is 0 Å². The summed E-state index contributed by atoms with van der Waals surface area (Å²) in [5.74, 6) is 1.92. The molecular weight excluding hydrogens is 280 g/mol. The molecule has 1 N–H and O–H groups in total. The lowest BCUT2D eigenvalue weighted by molar-refractivity contribution is 0.413. The molecule has 0 atom stereocenters. The van der Waals surface area contributed by atoms with E-state index in [9.17, 15) is 5.11 Å². The van der Waals surface area contributed by atoms with Crippen molar-refractivity contribution >= 4 is 20.5 Å². The predicted octanol–water partition coefficient (Wildman–Crippen LogP) is 4.39. The number of hydrogen-bond donors (Lipinski definition) is 1. The Morgan fingerprint density at radius 3 is 2.62 bits per heavy atom. The van der Waals surface area contributed by atoms with E-state index in [2.05, 4.69) is 6.92 Å². The van der Waals surface area contributed by atoms with E-state index in [1.807, 2.05) is 32.0 Å². The second-order valence-corrected chi connectivity index (χ2v) is 6.23. The fourth-order valence-electron chi connectivity index (χ4n) is 2.42. The highest BCUT2D eigenvalue weighted by atomic mass is 28.2. The van der Waals surface area contributed by atoms with Crippen molar-refractivity contribution in [1.82, 2.24) is 0 Å². The Morgan fingerprint density at radius 2 is 1.95 bits per heavy atom. The largest absolute Gasteiger partial charge is 0.540 e. The number of hydrogen-bond acceptors (Lipinski definition) is 3. The molecule has 0 aliphatic heterocycles. The van der Waals surface area contributed by atoms with Crippen molar-refractivity contribution in [2.45, 2.75) is 39.7 Å². The molecule has 0 heterocycles. The monoisotopic (exact) mass is 302 g/mol. The molecule has 0 amide bonds. The number of fused-ring (bicyclic) bond motifs is 1. The molecule has 2 rings (SSSR count). The summed E-state index contributed by atoms with van der Waals surface area (Å²) in [5.41, 5.74) is 1.73. The third-order valence-electron chi connectivity index (χ3n) is 3.63. The van der Waals surface area contributed by atoms with Gasteiger partial charge in [-0.25, -0.2) is 0 Å². The third kappa shape index (κ3) is 3.32. The van der Waals surface area contributed by atoms with Gasteiger partial charge < -0.3 is 14.3 Å². The lowest BCUT2D eigenvalue weighted by Crippen LogP contribution is -2.03. The van der Waals surface area contributed by atoms with Crippen LogP contribution in [0.15, 0.2) is 18.2 Å². The predicted molar refractivity (Wildman–Crippen MR) is 87.7 cm³/mol. The molecule has 2 radical (unpaired) electrons. The van der Waals surface area contributed by atoms with Crippen LogP contribution in [0.25, 0.3) is 10.8 Å². The van der Waals surface area contributed by atoms with Gasteiger partial charge >= 0.3 is 9.76 Å². The number of unbranched alkanes of at least 4 members (excludes halogenated alkanes) is 1. The van der Waals surface area contributed by atoms with Gasteiger partial charge in [0.2, 0.25) is 0 Å². The van der Waals surface area contributed by atoms with E-state index in [0.29, 0.717) is 15.5 Å². The number of ether oxygens (including phenoxy) is 1. The van der Waals surface area contributed by atoms with Crippen LogP contribution in [0.1, 0.15) is 30.9 Å². The number of methoxy groups -OCH3 is 1. The van der Waals surface area contributed by atoms with E-state index in [-0.39, 0.29) is 0 Å². The topological polar surface area (TPSA) is 38.7 Å². The summed E-state index contributed by atoms with van der Waals surface area (Å²) in [6.07, 6.45) is 2.35. The van der Waals surface area contributed by atoms with Gasteiger partial charge in [-0.15, -0.1) is 0 Å². The van der Waals surface area contributed by atoms with Crippen LogP contribution in [0.3, 0.4) is 0 Å². The number of benzene rings is 2. The molecule has 2 aromatic rings. The summed E-state index contributed by atoms with van der Waals surface area (Å²) in [4.78, 5) is 0. The first kappa shape index (κ1) is 15.7. The van der Waals surface area contributed by atoms with Crippen LogP contribution in [0.4, 0.5) is 0 Å². The highest BCUT2D eigenvalue weighted by Crippen LogP contribution is 2.38. The van der Waals surface area contributed by atoms with Gasteiger partial charge in [0.15, 0.2) is 0 Å². The standard InChI is InChI=1S/C17H22O3Si/c1-5-6-7-21-20-15-10-14(19-4)9-13-8-11(2)17(18)12(3)16(13)15/h8-10,18H,5-7H2,1-4H3. The van der Waals surface area contributed by atoms with Crippen molar-refractivity contribution < 1.29 is 14.3 Å². The molecule has 0 saturated heterocycles. The fraction of sp³-hybridized carbons (Fsp3) is 0.412. The van der Waals surface area contributed by atoms with Gasteiger partial charge in [0.1, 0.15) is 17.2 Å². The Balaban J connectivity index is 2.47. The van der Waals surface area contributed by atoms with Gasteiger partial charge in [0.25, 0.3) is 0 Å². The molecule has 0 spiro atoms. The van der Waals surface area contributed by atoms with Crippen LogP contribution >= 0.6 is 0 Å². The zero-order valence-corrected chi connectivity index (χ0v) is 14.1. The average molecular weight is 302 g/mol. The normalized spacial score (nSPS) is 10.9. The first-order valence-corrected chi connectivity index (χ1v) is 8.40. The Kier molecular flexibility index (Phi) is 5.12. The van der Waals surface area contributed by atoms with Crippen molar-refractivity contribution in [1.29, 1.82) is 0 Å². The second kappa shape index (κ2) is 6.85. The molecule has 0 aliphatic rings. The molecule has 0 unspecified atom stereocenters. The van der Waals surface area contributed by atoms with E-state index in [1.54, 1.807) is 7.11 Å². The Morgan fingerprint density at radius 1 is 1.19 bits per heavy atom. The maximum absolute atomic E-state index is 10.2. The molecule has 0 bridgehead atoms. The molecule has 21 heavy (non-hydrogen) atoms. The quantitative estimate of drug-likeness (QED) is 0.635. The zero-order valence-electron chi connectivity index (χ0n) is 13.1. The zero-order chi connectivity index (χ0) is 15.4. The summed E-state index contributed by atoms with van der Waals surface area (Å²) in [6.45, 7) is 6.01. The first-order valence-electron chi connectivity index (χ1n) is 7.29. The maximum Gasteiger partial charge on any atom is 0.310 e. The molecule has 112 valence electrons. The van der Waals surface area contributed by atoms with Crippen molar-refractivity contribution in [3.63, 3.8) is 0 Å². The minimum atomic E-state index is 0.342. The van der Waals surface area contributed by atoms with Crippen molar-refractivity contribution in [3.8, 4) is 17.2 Å². The molecule has 4 heteroatoms. The van der Waals surface area contributed by atoms with Gasteiger partial charge in [-0.3, -0.25) is 0 Å². The smallest absolute Gasteiger partial charge is 0.310 e. The van der Waals surface area contributed by atoms with Crippen molar-refractivity contribution in [3.05, 3.63) is 29.3 Å². The average Bonchev–Trinajstić information content (AvgIpc) is 2.48. The molecule has 3 nitrogen and oxygen atoms in total. The van der Waals surface area contributed by atoms with Crippen LogP contribution in [0.5, 0.6) is 17.2 Å². The van der Waals surface area contributed by atoms with Gasteiger partial charge in [-0.05, 0) is 43.0 Å². The summed E-state index contributed by atoms with van der Waals surface area (Å²) >= 11 is 0. The molecule has 0 fully saturated rings. The SMILES string of the molecule is CCCC[Si]Oc1cc(OC)cc2cc(C)c(O)c(C)c12. The van der Waals surface area contributed by atoms with Crippen molar-refractivity contribution in [2.24, 2.45) is 0 Å². The van der Waals surface area contributed by atoms with Crippen LogP contribution in [0.2, 0.25) is 6.04 Å². The van der Waals surface area contributed by atoms with Crippen LogP contribution in [-0.4, -0.2) is 22.0 Å². The van der Waals surface area contributed by atoms with Crippen LogP contribution in [0, 0.1) is 13.8 Å². The Hall–Kier alpha value is -1.68. The third-order valence-corrected chi connectivity index (χ3v) is 4.55. The summed E-state index contributed by atoms with van der Waals surface area (Å²) in [6, 6.07) is 6.92. The van der Waals surface area contributed by atoms with Crippen LogP contribution in [-0.2, 0) is 0 Å². The number of rotatable bonds is 6. The van der Waals surface area contributed by atoms with E-state index < -0.39 is 0 Å². The van der Waals surface area contributed by atoms with E-state index >= 15 is 0 Å². The maximum atomic E-state index is 10.2. The lowest BCUT2D eigenvalue weighted by Gasteiger charge is -2.15. The van der Waals surface area contributed by atoms with E-state index in [4.69, 9.17) is 9.16 Å². The fourth-order valence-corrected chi connectivity index (χ4v) is 3.33. The van der Waals surface area contributed by atoms with E-state index in [1.165, 1.54) is 12.8 Å². The minimum Gasteiger partial charge on any atom is -0.540 e. The molecule has 0 saturated carbocycles. The van der Waals surface area contributed by atoms with Gasteiger partial charge in [0.05, 0.1) is 7.11 Å². The number of phenols is 1. The van der Waals surface area contributed by atoms with Gasteiger partial charge in [0, 0.05) is 17.0 Å². The molecule has 0 aromatic heterocycles. The second-order valence-electron chi connectivity index (χ2n) is 5.24. The number of phenolic OH excluding ortho intramolecular Hbond substituents is 1. The first-order chi connectivity index (χ1) is 10.1. The van der Waals surface area contributed by atoms with Crippen LogP contribution < -0.4 is 9.16 Å². The molecule has 0 aliphatic carbocycles. The lowest BCUT2D eigenvalue weighted by atomic mass is 10.00. The molecular formula is C17H22O3Si. The highest BCUT2D eigenvalue weighted by Gasteiger charge is 2.13.